The van der Waals surface area contributed by atoms with Crippen LogP contribution in [0.4, 0.5) is 4.79 Å². The third-order valence-corrected chi connectivity index (χ3v) is 2.40. The molecule has 4 nitrogen and oxygen atoms in total. The minimum absolute atomic E-state index is 0.193. The van der Waals surface area contributed by atoms with E-state index >= 15 is 0 Å². The maximum Gasteiger partial charge on any atom is 0.409 e. The number of alkyl halides is 1. The third-order valence-electron chi connectivity index (χ3n) is 2.13. The zero-order chi connectivity index (χ0) is 10.2. The quantitative estimate of drug-likeness (QED) is 0.569. The van der Waals surface area contributed by atoms with Crippen molar-refractivity contribution in [2.24, 2.45) is 0 Å². The van der Waals surface area contributed by atoms with Crippen LogP contribution in [-0.4, -0.2) is 49.7 Å². The molecule has 14 heavy (non-hydrogen) atoms. The van der Waals surface area contributed by atoms with Crippen molar-refractivity contribution in [3.8, 4) is 0 Å². The number of piperazine rings is 1. The van der Waals surface area contributed by atoms with E-state index in [1.807, 2.05) is 0 Å². The molecule has 0 saturated carbocycles. The summed E-state index contributed by atoms with van der Waals surface area (Å²) >= 11 is 5.51. The molecule has 1 fully saturated rings. The number of carbonyl (C=O) groups excluding carboxylic acids is 1. The van der Waals surface area contributed by atoms with E-state index in [1.54, 1.807) is 4.90 Å². The van der Waals surface area contributed by atoms with Crippen LogP contribution in [0.25, 0.3) is 0 Å². The molecule has 0 aromatic rings. The number of nitrogens with zero attached hydrogens (tertiary/aromatic N) is 1. The van der Waals surface area contributed by atoms with Gasteiger partial charge < -0.3 is 15.0 Å². The predicted octanol–water partition coefficient (Wildman–Crippen LogP) is 1.05. The summed E-state index contributed by atoms with van der Waals surface area (Å²) in [5, 5.41) is 3.18. The molecule has 1 aliphatic heterocycles. The van der Waals surface area contributed by atoms with Gasteiger partial charge in [-0.2, -0.15) is 0 Å². The summed E-state index contributed by atoms with van der Waals surface area (Å²) in [5.74, 6) is 0.630. The molecule has 0 bridgehead atoms. The number of ether oxygens (including phenoxy) is 1. The molecule has 0 unspecified atom stereocenters. The number of hydrogen-bond acceptors (Lipinski definition) is 3. The van der Waals surface area contributed by atoms with Crippen LogP contribution in [0.2, 0.25) is 0 Å². The molecular formula is C9H17ClN2O2. The molecule has 1 aliphatic rings. The Morgan fingerprint density at radius 3 is 2.71 bits per heavy atom. The monoisotopic (exact) mass is 220 g/mol. The Bertz CT molecular complexity index is 172. The van der Waals surface area contributed by atoms with E-state index in [2.05, 4.69) is 5.32 Å². The largest absolute Gasteiger partial charge is 0.449 e. The van der Waals surface area contributed by atoms with Gasteiger partial charge in [0.2, 0.25) is 0 Å². The molecule has 0 spiro atoms. The van der Waals surface area contributed by atoms with Crippen molar-refractivity contribution in [1.82, 2.24) is 10.2 Å². The van der Waals surface area contributed by atoms with Gasteiger partial charge in [0, 0.05) is 32.1 Å². The lowest BCUT2D eigenvalue weighted by Gasteiger charge is -2.26. The molecule has 1 saturated heterocycles. The van der Waals surface area contributed by atoms with Crippen LogP contribution in [0.1, 0.15) is 12.8 Å². The second-order valence-corrected chi connectivity index (χ2v) is 3.63. The van der Waals surface area contributed by atoms with Crippen LogP contribution in [0.15, 0.2) is 0 Å². The molecule has 0 aromatic heterocycles. The molecule has 0 aliphatic carbocycles. The van der Waals surface area contributed by atoms with Gasteiger partial charge in [-0.15, -0.1) is 11.6 Å². The van der Waals surface area contributed by atoms with Crippen molar-refractivity contribution in [2.45, 2.75) is 12.8 Å². The highest BCUT2D eigenvalue weighted by atomic mass is 35.5. The number of unbranched alkanes of at least 4 members (excludes halogenated alkanes) is 1. The minimum atomic E-state index is -0.193. The third kappa shape index (κ3) is 4.15. The maximum absolute atomic E-state index is 11.4. The Morgan fingerprint density at radius 2 is 2.07 bits per heavy atom. The van der Waals surface area contributed by atoms with Gasteiger partial charge in [0.25, 0.3) is 0 Å². The Balaban J connectivity index is 2.07. The van der Waals surface area contributed by atoms with E-state index in [0.717, 1.165) is 39.0 Å². The van der Waals surface area contributed by atoms with Crippen LogP contribution in [0, 0.1) is 0 Å². The molecule has 1 heterocycles. The summed E-state index contributed by atoms with van der Waals surface area (Å²) in [6.45, 7) is 3.69. The van der Waals surface area contributed by atoms with Crippen molar-refractivity contribution in [2.75, 3.05) is 38.7 Å². The smallest absolute Gasteiger partial charge is 0.409 e. The molecule has 1 amide bonds. The van der Waals surface area contributed by atoms with Crippen LogP contribution in [-0.2, 0) is 4.74 Å². The first-order chi connectivity index (χ1) is 6.84. The number of hydrogen-bond donors (Lipinski definition) is 1. The molecule has 0 atom stereocenters. The molecule has 82 valence electrons. The minimum Gasteiger partial charge on any atom is -0.449 e. The average Bonchev–Trinajstić information content (AvgIpc) is 2.25. The highest BCUT2D eigenvalue weighted by molar-refractivity contribution is 6.17. The van der Waals surface area contributed by atoms with Crippen molar-refractivity contribution in [1.29, 1.82) is 0 Å². The molecule has 0 radical (unpaired) electrons. The number of amides is 1. The topological polar surface area (TPSA) is 41.6 Å². The highest BCUT2D eigenvalue weighted by Gasteiger charge is 2.16. The van der Waals surface area contributed by atoms with E-state index < -0.39 is 0 Å². The summed E-state index contributed by atoms with van der Waals surface area (Å²) in [6, 6.07) is 0. The van der Waals surface area contributed by atoms with Gasteiger partial charge in [-0.25, -0.2) is 4.79 Å². The maximum atomic E-state index is 11.4. The van der Waals surface area contributed by atoms with Gasteiger partial charge in [0.1, 0.15) is 0 Å². The lowest BCUT2D eigenvalue weighted by Crippen LogP contribution is -2.46. The van der Waals surface area contributed by atoms with Crippen LogP contribution >= 0.6 is 11.6 Å². The van der Waals surface area contributed by atoms with Gasteiger partial charge in [-0.05, 0) is 12.8 Å². The predicted molar refractivity (Wildman–Crippen MR) is 55.7 cm³/mol. The Labute approximate surface area is 89.5 Å². The standard InChI is InChI=1S/C9H17ClN2O2/c10-3-1-2-8-14-9(13)12-6-4-11-5-7-12/h11H,1-8H2. The molecule has 1 rings (SSSR count). The van der Waals surface area contributed by atoms with Crippen molar-refractivity contribution >= 4 is 17.7 Å². The first-order valence-corrected chi connectivity index (χ1v) is 5.56. The van der Waals surface area contributed by atoms with Gasteiger partial charge in [0.05, 0.1) is 6.61 Å². The van der Waals surface area contributed by atoms with E-state index in [9.17, 15) is 4.79 Å². The summed E-state index contributed by atoms with van der Waals surface area (Å²) in [7, 11) is 0. The van der Waals surface area contributed by atoms with Crippen LogP contribution in [0.3, 0.4) is 0 Å². The molecule has 1 N–H and O–H groups in total. The number of rotatable bonds is 4. The van der Waals surface area contributed by atoms with Crippen LogP contribution in [0.5, 0.6) is 0 Å². The van der Waals surface area contributed by atoms with E-state index in [1.165, 1.54) is 0 Å². The van der Waals surface area contributed by atoms with Gasteiger partial charge in [-0.1, -0.05) is 0 Å². The lowest BCUT2D eigenvalue weighted by molar-refractivity contribution is 0.0966. The van der Waals surface area contributed by atoms with Crippen molar-refractivity contribution in [3.63, 3.8) is 0 Å². The van der Waals surface area contributed by atoms with Gasteiger partial charge in [-0.3, -0.25) is 0 Å². The summed E-state index contributed by atoms with van der Waals surface area (Å²) < 4.78 is 5.08. The fourth-order valence-corrected chi connectivity index (χ4v) is 1.48. The molecule has 5 heteroatoms. The molecule has 0 aromatic carbocycles. The SMILES string of the molecule is O=C(OCCCCCl)N1CCNCC1. The fourth-order valence-electron chi connectivity index (χ4n) is 1.29. The van der Waals surface area contributed by atoms with E-state index in [0.29, 0.717) is 12.5 Å². The average molecular weight is 221 g/mol. The molecular weight excluding hydrogens is 204 g/mol. The summed E-state index contributed by atoms with van der Waals surface area (Å²) in [6.07, 6.45) is 1.55. The second kappa shape index (κ2) is 6.90. The number of nitrogens with one attached hydrogen (secondary N) is 1. The van der Waals surface area contributed by atoms with E-state index in [4.69, 9.17) is 16.3 Å². The Kier molecular flexibility index (Phi) is 5.71. The summed E-state index contributed by atoms with van der Waals surface area (Å²) in [5.41, 5.74) is 0. The van der Waals surface area contributed by atoms with Gasteiger partial charge in [0.15, 0.2) is 0 Å². The second-order valence-electron chi connectivity index (χ2n) is 3.25. The van der Waals surface area contributed by atoms with E-state index in [-0.39, 0.29) is 6.09 Å². The summed E-state index contributed by atoms with van der Waals surface area (Å²) in [4.78, 5) is 13.1. The lowest BCUT2D eigenvalue weighted by atomic mass is 10.3. The highest BCUT2D eigenvalue weighted by Crippen LogP contribution is 1.99. The van der Waals surface area contributed by atoms with Crippen LogP contribution < -0.4 is 5.32 Å². The zero-order valence-corrected chi connectivity index (χ0v) is 9.05. The first-order valence-electron chi connectivity index (χ1n) is 5.03. The first kappa shape index (κ1) is 11.6. The number of carbonyl (C=O) groups is 1. The van der Waals surface area contributed by atoms with Crippen molar-refractivity contribution in [3.05, 3.63) is 0 Å². The Morgan fingerprint density at radius 1 is 1.36 bits per heavy atom. The van der Waals surface area contributed by atoms with Crippen molar-refractivity contribution < 1.29 is 9.53 Å². The number of halogens is 1. The fraction of sp³-hybridized carbons (Fsp3) is 0.889. The van der Waals surface area contributed by atoms with Gasteiger partial charge >= 0.3 is 6.09 Å². The zero-order valence-electron chi connectivity index (χ0n) is 8.30. The Hall–Kier alpha value is -0.480. The normalized spacial score (nSPS) is 16.8.